The van der Waals surface area contributed by atoms with Crippen molar-refractivity contribution < 1.29 is 0 Å². The molecule has 1 aromatic heterocycles. The number of alkyl halides is 1. The Labute approximate surface area is 88.9 Å². The molecular weight excluding hydrogens is 198 g/mol. The average Bonchev–Trinajstić information content (AvgIpc) is 2.67. The zero-order chi connectivity index (χ0) is 9.80. The van der Waals surface area contributed by atoms with E-state index >= 15 is 0 Å². The molecule has 1 aromatic rings. The second kappa shape index (κ2) is 4.60. The van der Waals surface area contributed by atoms with Crippen LogP contribution >= 0.6 is 11.6 Å². The molecule has 4 heteroatoms. The summed E-state index contributed by atoms with van der Waals surface area (Å²) in [6.07, 6.45) is 5.35. The molecule has 1 fully saturated rings. The van der Waals surface area contributed by atoms with Crippen LogP contribution in [0.2, 0.25) is 0 Å². The van der Waals surface area contributed by atoms with Crippen LogP contribution in [0.1, 0.15) is 19.3 Å². The molecule has 1 saturated carbocycles. The van der Waals surface area contributed by atoms with Crippen LogP contribution in [-0.4, -0.2) is 22.1 Å². The van der Waals surface area contributed by atoms with E-state index in [9.17, 15) is 0 Å². The predicted octanol–water partition coefficient (Wildman–Crippen LogP) is 2.30. The molecule has 0 bridgehead atoms. The number of aromatic nitrogens is 2. The number of rotatable bonds is 3. The average molecular weight is 212 g/mol. The largest absolute Gasteiger partial charge is 0.366 e. The zero-order valence-electron chi connectivity index (χ0n) is 7.99. The van der Waals surface area contributed by atoms with E-state index in [0.717, 1.165) is 11.7 Å². The third-order valence-electron chi connectivity index (χ3n) is 2.76. The molecule has 3 nitrogen and oxygen atoms in total. The van der Waals surface area contributed by atoms with Gasteiger partial charge in [0.25, 0.3) is 0 Å². The highest BCUT2D eigenvalue weighted by atomic mass is 35.5. The Morgan fingerprint density at radius 3 is 3.14 bits per heavy atom. The van der Waals surface area contributed by atoms with Crippen LogP contribution in [0.4, 0.5) is 5.82 Å². The van der Waals surface area contributed by atoms with Crippen LogP contribution in [-0.2, 0) is 0 Å². The van der Waals surface area contributed by atoms with Crippen LogP contribution in [0.5, 0.6) is 0 Å². The lowest BCUT2D eigenvalue weighted by molar-refractivity contribution is 0.560. The Hall–Kier alpha value is -0.830. The third-order valence-corrected chi connectivity index (χ3v) is 3.16. The maximum atomic E-state index is 5.89. The molecule has 0 aliphatic heterocycles. The maximum Gasteiger partial charge on any atom is 0.148 e. The minimum Gasteiger partial charge on any atom is -0.366 e. The summed E-state index contributed by atoms with van der Waals surface area (Å²) in [7, 11) is 0. The summed E-state index contributed by atoms with van der Waals surface area (Å²) in [6, 6.07) is 4.31. The lowest BCUT2D eigenvalue weighted by atomic mass is 10.1. The first-order chi connectivity index (χ1) is 6.90. The smallest absolute Gasteiger partial charge is 0.148 e. The van der Waals surface area contributed by atoms with Crippen LogP contribution in [0, 0.1) is 5.92 Å². The van der Waals surface area contributed by atoms with Gasteiger partial charge in [0.2, 0.25) is 0 Å². The highest BCUT2D eigenvalue weighted by Gasteiger charge is 2.26. The number of hydrogen-bond donors (Lipinski definition) is 1. The normalized spacial score (nSPS) is 26.4. The van der Waals surface area contributed by atoms with Crippen LogP contribution < -0.4 is 5.32 Å². The fraction of sp³-hybridized carbons (Fsp3) is 0.600. The van der Waals surface area contributed by atoms with Gasteiger partial charge in [-0.1, -0.05) is 6.42 Å². The standard InChI is InChI=1S/C10H14ClN3/c11-7-8-3-1-4-9(8)13-10-5-2-6-12-14-10/h2,5-6,8-9H,1,3-4,7H2,(H,13,14). The SMILES string of the molecule is ClCC1CCCC1Nc1cccnn1. The van der Waals surface area contributed by atoms with E-state index in [1.807, 2.05) is 12.1 Å². The highest BCUT2D eigenvalue weighted by molar-refractivity contribution is 6.18. The van der Waals surface area contributed by atoms with Crippen molar-refractivity contribution in [3.63, 3.8) is 0 Å². The molecule has 1 heterocycles. The van der Waals surface area contributed by atoms with Crippen molar-refractivity contribution in [3.05, 3.63) is 18.3 Å². The molecule has 0 aromatic carbocycles. The third kappa shape index (κ3) is 2.15. The van der Waals surface area contributed by atoms with E-state index in [1.54, 1.807) is 6.20 Å². The van der Waals surface area contributed by atoms with Gasteiger partial charge in [-0.25, -0.2) is 0 Å². The molecule has 1 aliphatic carbocycles. The van der Waals surface area contributed by atoms with E-state index < -0.39 is 0 Å². The van der Waals surface area contributed by atoms with E-state index in [1.165, 1.54) is 19.3 Å². The first kappa shape index (κ1) is 9.71. The predicted molar refractivity (Wildman–Crippen MR) is 57.5 cm³/mol. The molecule has 2 rings (SSSR count). The van der Waals surface area contributed by atoms with E-state index in [2.05, 4.69) is 15.5 Å². The molecule has 14 heavy (non-hydrogen) atoms. The Morgan fingerprint density at radius 1 is 1.50 bits per heavy atom. The zero-order valence-corrected chi connectivity index (χ0v) is 8.74. The molecule has 0 saturated heterocycles. The molecule has 0 spiro atoms. The van der Waals surface area contributed by atoms with Crippen LogP contribution in [0.3, 0.4) is 0 Å². The number of hydrogen-bond acceptors (Lipinski definition) is 3. The molecule has 1 N–H and O–H groups in total. The van der Waals surface area contributed by atoms with Crippen molar-refractivity contribution in [2.75, 3.05) is 11.2 Å². The minimum absolute atomic E-state index is 0.476. The second-order valence-electron chi connectivity index (χ2n) is 3.71. The number of halogens is 1. The molecule has 76 valence electrons. The summed E-state index contributed by atoms with van der Waals surface area (Å²) in [6.45, 7) is 0. The van der Waals surface area contributed by atoms with Gasteiger partial charge in [-0.2, -0.15) is 5.10 Å². The number of nitrogens with one attached hydrogen (secondary N) is 1. The first-order valence-corrected chi connectivity index (χ1v) is 5.54. The Bertz CT molecular complexity index is 278. The minimum atomic E-state index is 0.476. The summed E-state index contributed by atoms with van der Waals surface area (Å²) >= 11 is 5.89. The van der Waals surface area contributed by atoms with E-state index in [-0.39, 0.29) is 0 Å². The Morgan fingerprint density at radius 2 is 2.43 bits per heavy atom. The Kier molecular flexibility index (Phi) is 3.19. The van der Waals surface area contributed by atoms with Crippen molar-refractivity contribution in [3.8, 4) is 0 Å². The fourth-order valence-corrected chi connectivity index (χ4v) is 2.35. The van der Waals surface area contributed by atoms with Crippen molar-refractivity contribution in [1.29, 1.82) is 0 Å². The van der Waals surface area contributed by atoms with Gasteiger partial charge >= 0.3 is 0 Å². The topological polar surface area (TPSA) is 37.8 Å². The fourth-order valence-electron chi connectivity index (χ4n) is 1.98. The van der Waals surface area contributed by atoms with Crippen LogP contribution in [0.25, 0.3) is 0 Å². The van der Waals surface area contributed by atoms with Gasteiger partial charge in [-0.05, 0) is 30.9 Å². The summed E-state index contributed by atoms with van der Waals surface area (Å²) in [5.41, 5.74) is 0. The molecule has 1 aliphatic rings. The van der Waals surface area contributed by atoms with Gasteiger partial charge in [0, 0.05) is 18.1 Å². The van der Waals surface area contributed by atoms with Gasteiger partial charge < -0.3 is 5.32 Å². The van der Waals surface area contributed by atoms with Gasteiger partial charge in [-0.15, -0.1) is 16.7 Å². The van der Waals surface area contributed by atoms with Gasteiger partial charge in [-0.3, -0.25) is 0 Å². The number of anilines is 1. The quantitative estimate of drug-likeness (QED) is 0.780. The molecular formula is C10H14ClN3. The van der Waals surface area contributed by atoms with Gasteiger partial charge in [0.1, 0.15) is 5.82 Å². The Balaban J connectivity index is 1.97. The first-order valence-electron chi connectivity index (χ1n) is 5.00. The monoisotopic (exact) mass is 211 g/mol. The lowest BCUT2D eigenvalue weighted by Gasteiger charge is -2.18. The summed E-state index contributed by atoms with van der Waals surface area (Å²) in [5, 5.41) is 11.2. The van der Waals surface area contributed by atoms with E-state index in [0.29, 0.717) is 12.0 Å². The summed E-state index contributed by atoms with van der Waals surface area (Å²) < 4.78 is 0. The summed E-state index contributed by atoms with van der Waals surface area (Å²) in [5.74, 6) is 2.17. The number of nitrogens with zero attached hydrogens (tertiary/aromatic N) is 2. The van der Waals surface area contributed by atoms with Crippen molar-refractivity contribution in [2.24, 2.45) is 5.92 Å². The highest BCUT2D eigenvalue weighted by Crippen LogP contribution is 2.28. The summed E-state index contributed by atoms with van der Waals surface area (Å²) in [4.78, 5) is 0. The lowest BCUT2D eigenvalue weighted by Crippen LogP contribution is -2.25. The molecule has 0 amide bonds. The molecule has 2 atom stereocenters. The molecule has 0 radical (unpaired) electrons. The second-order valence-corrected chi connectivity index (χ2v) is 4.01. The van der Waals surface area contributed by atoms with Crippen molar-refractivity contribution in [1.82, 2.24) is 10.2 Å². The maximum absolute atomic E-state index is 5.89. The van der Waals surface area contributed by atoms with Gasteiger partial charge in [0.15, 0.2) is 0 Å². The van der Waals surface area contributed by atoms with Gasteiger partial charge in [0.05, 0.1) is 0 Å². The van der Waals surface area contributed by atoms with Crippen molar-refractivity contribution in [2.45, 2.75) is 25.3 Å². The van der Waals surface area contributed by atoms with Crippen LogP contribution in [0.15, 0.2) is 18.3 Å². The van der Waals surface area contributed by atoms with E-state index in [4.69, 9.17) is 11.6 Å². The molecule has 2 unspecified atom stereocenters. The van der Waals surface area contributed by atoms with Crippen molar-refractivity contribution >= 4 is 17.4 Å².